The first-order chi connectivity index (χ1) is 10.2. The van der Waals surface area contributed by atoms with Crippen LogP contribution in [-0.4, -0.2) is 42.5 Å². The van der Waals surface area contributed by atoms with Gasteiger partial charge in [0.05, 0.1) is 0 Å². The average molecular weight is 329 g/mol. The first-order valence-corrected chi connectivity index (χ1v) is 7.77. The van der Waals surface area contributed by atoms with E-state index in [4.69, 9.17) is 4.74 Å². The molecule has 1 saturated heterocycles. The molecule has 0 radical (unpaired) electrons. The van der Waals surface area contributed by atoms with Gasteiger partial charge in [-0.3, -0.25) is 9.48 Å². The lowest BCUT2D eigenvalue weighted by Gasteiger charge is -2.23. The smallest absolute Gasteiger partial charge is 0.229 e. The van der Waals surface area contributed by atoms with Gasteiger partial charge in [0.25, 0.3) is 0 Å². The lowest BCUT2D eigenvalue weighted by Crippen LogP contribution is -2.31. The number of carbonyl (C=O) groups excluding carboxylic acids is 1. The van der Waals surface area contributed by atoms with E-state index in [1.54, 1.807) is 7.11 Å². The van der Waals surface area contributed by atoms with Crippen LogP contribution in [0.5, 0.6) is 0 Å². The van der Waals surface area contributed by atoms with Crippen molar-refractivity contribution in [3.8, 4) is 0 Å². The van der Waals surface area contributed by atoms with Gasteiger partial charge in [-0.05, 0) is 44.2 Å². The monoisotopic (exact) mass is 328 g/mol. The minimum Gasteiger partial charge on any atom is -0.385 e. The number of ether oxygens (including phenoxy) is 1. The van der Waals surface area contributed by atoms with Crippen molar-refractivity contribution in [1.29, 1.82) is 0 Å². The van der Waals surface area contributed by atoms with Crippen LogP contribution in [-0.2, 0) is 16.1 Å². The number of nitrogens with zero attached hydrogens (tertiary/aromatic N) is 2. The SMILES string of the molecule is COCCCn1ccc(NC(=O)C2CC23CCNCC3)n1.Cl. The molecule has 1 spiro atoms. The molecule has 1 amide bonds. The minimum atomic E-state index is 0. The lowest BCUT2D eigenvalue weighted by molar-refractivity contribution is -0.118. The summed E-state index contributed by atoms with van der Waals surface area (Å²) in [6.07, 6.45) is 6.10. The van der Waals surface area contributed by atoms with Gasteiger partial charge in [0.2, 0.25) is 5.91 Å². The van der Waals surface area contributed by atoms with Gasteiger partial charge in [-0.25, -0.2) is 0 Å². The number of carbonyl (C=O) groups is 1. The van der Waals surface area contributed by atoms with E-state index < -0.39 is 0 Å². The number of amides is 1. The van der Waals surface area contributed by atoms with E-state index in [0.717, 1.165) is 51.9 Å². The molecule has 124 valence electrons. The highest BCUT2D eigenvalue weighted by atomic mass is 35.5. The number of rotatable bonds is 6. The Morgan fingerprint density at radius 2 is 2.32 bits per heavy atom. The van der Waals surface area contributed by atoms with Crippen molar-refractivity contribution in [3.63, 3.8) is 0 Å². The van der Waals surface area contributed by atoms with Crippen LogP contribution in [0, 0.1) is 11.3 Å². The summed E-state index contributed by atoms with van der Waals surface area (Å²) >= 11 is 0. The summed E-state index contributed by atoms with van der Waals surface area (Å²) in [5.74, 6) is 0.977. The Balaban J connectivity index is 0.00000176. The molecule has 1 aromatic rings. The van der Waals surface area contributed by atoms with Crippen molar-refractivity contribution >= 4 is 24.1 Å². The van der Waals surface area contributed by atoms with Gasteiger partial charge in [0.15, 0.2) is 5.82 Å². The third kappa shape index (κ3) is 3.80. The molecule has 0 aromatic carbocycles. The fourth-order valence-electron chi connectivity index (χ4n) is 3.33. The zero-order valence-electron chi connectivity index (χ0n) is 13.0. The lowest BCUT2D eigenvalue weighted by atomic mass is 9.92. The third-order valence-corrected chi connectivity index (χ3v) is 4.73. The molecule has 2 heterocycles. The molecule has 1 saturated carbocycles. The standard InChI is InChI=1S/C15H24N4O2.ClH/c1-21-10-2-8-19-9-3-13(18-19)17-14(20)12-11-15(12)4-6-16-7-5-15;/h3,9,12,16H,2,4-8,10-11H2,1H3,(H,17,18,20);1H. The second-order valence-corrected chi connectivity index (χ2v) is 6.17. The van der Waals surface area contributed by atoms with E-state index in [1.165, 1.54) is 0 Å². The van der Waals surface area contributed by atoms with Gasteiger partial charge < -0.3 is 15.4 Å². The van der Waals surface area contributed by atoms with E-state index in [2.05, 4.69) is 15.7 Å². The maximum Gasteiger partial charge on any atom is 0.229 e. The highest BCUT2D eigenvalue weighted by Crippen LogP contribution is 2.58. The number of anilines is 1. The zero-order chi connectivity index (χ0) is 14.7. The fraction of sp³-hybridized carbons (Fsp3) is 0.733. The summed E-state index contributed by atoms with van der Waals surface area (Å²) < 4.78 is 6.87. The van der Waals surface area contributed by atoms with Crippen LogP contribution in [0.15, 0.2) is 12.3 Å². The second-order valence-electron chi connectivity index (χ2n) is 6.17. The molecule has 3 rings (SSSR count). The molecule has 1 aliphatic carbocycles. The van der Waals surface area contributed by atoms with Crippen LogP contribution in [0.25, 0.3) is 0 Å². The molecule has 1 aliphatic heterocycles. The Bertz CT molecular complexity index is 499. The first kappa shape index (κ1) is 17.2. The molecular formula is C15H25ClN4O2. The summed E-state index contributed by atoms with van der Waals surface area (Å²) in [6, 6.07) is 1.86. The fourth-order valence-corrected chi connectivity index (χ4v) is 3.33. The Kier molecular flexibility index (Phi) is 5.83. The Morgan fingerprint density at radius 3 is 3.05 bits per heavy atom. The van der Waals surface area contributed by atoms with Gasteiger partial charge in [-0.1, -0.05) is 0 Å². The number of nitrogens with one attached hydrogen (secondary N) is 2. The molecule has 1 unspecified atom stereocenters. The van der Waals surface area contributed by atoms with E-state index in [9.17, 15) is 4.79 Å². The van der Waals surface area contributed by atoms with Gasteiger partial charge in [-0.2, -0.15) is 5.10 Å². The highest BCUT2D eigenvalue weighted by Gasteiger charge is 2.57. The van der Waals surface area contributed by atoms with Crippen molar-refractivity contribution in [2.45, 2.75) is 32.2 Å². The maximum absolute atomic E-state index is 12.3. The molecule has 6 nitrogen and oxygen atoms in total. The van der Waals surface area contributed by atoms with E-state index >= 15 is 0 Å². The van der Waals surface area contributed by atoms with Crippen molar-refractivity contribution in [3.05, 3.63) is 12.3 Å². The Hall–Kier alpha value is -1.11. The average Bonchev–Trinajstić information content (AvgIpc) is 2.99. The Morgan fingerprint density at radius 1 is 1.55 bits per heavy atom. The Labute approximate surface area is 137 Å². The molecular weight excluding hydrogens is 304 g/mol. The van der Waals surface area contributed by atoms with Crippen LogP contribution in [0.2, 0.25) is 0 Å². The summed E-state index contributed by atoms with van der Waals surface area (Å²) in [5, 5.41) is 10.7. The van der Waals surface area contributed by atoms with Crippen LogP contribution < -0.4 is 10.6 Å². The summed E-state index contributed by atoms with van der Waals surface area (Å²) in [7, 11) is 1.70. The molecule has 2 N–H and O–H groups in total. The number of halogens is 1. The van der Waals surface area contributed by atoms with Crippen LogP contribution >= 0.6 is 12.4 Å². The maximum atomic E-state index is 12.3. The molecule has 1 aromatic heterocycles. The van der Waals surface area contributed by atoms with Gasteiger partial charge in [-0.15, -0.1) is 12.4 Å². The number of hydrogen-bond donors (Lipinski definition) is 2. The third-order valence-electron chi connectivity index (χ3n) is 4.73. The summed E-state index contributed by atoms with van der Waals surface area (Å²) in [5.41, 5.74) is 0.274. The first-order valence-electron chi connectivity index (χ1n) is 7.77. The normalized spacial score (nSPS) is 22.1. The molecule has 2 fully saturated rings. The number of hydrogen-bond acceptors (Lipinski definition) is 4. The highest BCUT2D eigenvalue weighted by molar-refractivity contribution is 5.94. The van der Waals surface area contributed by atoms with Crippen molar-refractivity contribution in [1.82, 2.24) is 15.1 Å². The van der Waals surface area contributed by atoms with E-state index in [0.29, 0.717) is 5.82 Å². The molecule has 7 heteroatoms. The number of piperidine rings is 1. The van der Waals surface area contributed by atoms with E-state index in [1.807, 2.05) is 16.9 Å². The van der Waals surface area contributed by atoms with Gasteiger partial charge in [0, 0.05) is 38.4 Å². The number of methoxy groups -OCH3 is 1. The predicted octanol–water partition coefficient (Wildman–Crippen LogP) is 1.67. The molecule has 1 atom stereocenters. The zero-order valence-corrected chi connectivity index (χ0v) is 13.8. The molecule has 2 aliphatic rings. The predicted molar refractivity (Wildman–Crippen MR) is 87.2 cm³/mol. The van der Waals surface area contributed by atoms with Gasteiger partial charge >= 0.3 is 0 Å². The van der Waals surface area contributed by atoms with Crippen molar-refractivity contribution < 1.29 is 9.53 Å². The van der Waals surface area contributed by atoms with Crippen LogP contribution in [0.4, 0.5) is 5.82 Å². The number of aromatic nitrogens is 2. The van der Waals surface area contributed by atoms with E-state index in [-0.39, 0.29) is 29.6 Å². The second kappa shape index (κ2) is 7.44. The van der Waals surface area contributed by atoms with Crippen molar-refractivity contribution in [2.75, 3.05) is 32.1 Å². The largest absolute Gasteiger partial charge is 0.385 e. The van der Waals surface area contributed by atoms with Gasteiger partial charge in [0.1, 0.15) is 0 Å². The quantitative estimate of drug-likeness (QED) is 0.779. The van der Waals surface area contributed by atoms with Crippen LogP contribution in [0.1, 0.15) is 25.7 Å². The van der Waals surface area contributed by atoms with Crippen LogP contribution in [0.3, 0.4) is 0 Å². The molecule has 0 bridgehead atoms. The molecule has 22 heavy (non-hydrogen) atoms. The topological polar surface area (TPSA) is 68.2 Å². The number of aryl methyl sites for hydroxylation is 1. The minimum absolute atomic E-state index is 0. The van der Waals surface area contributed by atoms with Crippen molar-refractivity contribution in [2.24, 2.45) is 11.3 Å². The summed E-state index contributed by atoms with van der Waals surface area (Å²) in [6.45, 7) is 3.61. The summed E-state index contributed by atoms with van der Waals surface area (Å²) in [4.78, 5) is 12.3.